The fraction of sp³-hybridized carbons (Fsp3) is 0.143. The van der Waals surface area contributed by atoms with E-state index < -0.39 is 0 Å². The van der Waals surface area contributed by atoms with Crippen LogP contribution in [0.15, 0.2) is 52.4 Å². The summed E-state index contributed by atoms with van der Waals surface area (Å²) >= 11 is 3.52. The first-order valence-corrected chi connectivity index (χ1v) is 10.2. The largest absolute Gasteiger partial charge is 0.480 e. The van der Waals surface area contributed by atoms with Crippen LogP contribution >= 0.6 is 34.4 Å². The lowest BCUT2D eigenvalue weighted by atomic mass is 10.2. The number of hydrogen-bond donors (Lipinski definition) is 1. The van der Waals surface area contributed by atoms with Gasteiger partial charge in [-0.05, 0) is 82.2 Å². The number of carbonyl (C=O) groups excluding carboxylic acids is 1. The molecule has 136 valence electrons. The fourth-order valence-corrected chi connectivity index (χ4v) is 3.94. The molecule has 2 aromatic carbocycles. The van der Waals surface area contributed by atoms with Crippen molar-refractivity contribution >= 4 is 57.2 Å². The molecule has 0 atom stereocenters. The predicted octanol–water partition coefficient (Wildman–Crippen LogP) is 4.76. The second-order valence-corrected chi connectivity index (χ2v) is 7.88. The van der Waals surface area contributed by atoms with Crippen molar-refractivity contribution in [1.82, 2.24) is 5.32 Å². The first-order chi connectivity index (χ1) is 13.1. The Morgan fingerprint density at radius 2 is 2.07 bits per heavy atom. The number of aliphatic imine (C=N–C) groups is 1. The molecule has 0 spiro atoms. The normalized spacial score (nSPS) is 16.4. The van der Waals surface area contributed by atoms with Gasteiger partial charge in [-0.2, -0.15) is 0 Å². The summed E-state index contributed by atoms with van der Waals surface area (Å²) in [5, 5.41) is 3.39. The molecule has 6 heteroatoms. The maximum atomic E-state index is 12.2. The highest BCUT2D eigenvalue weighted by Gasteiger charge is 2.23. The highest BCUT2D eigenvalue weighted by molar-refractivity contribution is 14.1. The minimum absolute atomic E-state index is 0.147. The summed E-state index contributed by atoms with van der Waals surface area (Å²) in [6, 6.07) is 13.7. The van der Waals surface area contributed by atoms with Gasteiger partial charge in [0.1, 0.15) is 12.4 Å². The molecular formula is C21H17IN2O2S. The van der Waals surface area contributed by atoms with Gasteiger partial charge in [0.15, 0.2) is 5.17 Å². The minimum Gasteiger partial charge on any atom is -0.480 e. The van der Waals surface area contributed by atoms with Gasteiger partial charge < -0.3 is 10.1 Å². The van der Waals surface area contributed by atoms with Crippen LogP contribution in [0.3, 0.4) is 0 Å². The van der Waals surface area contributed by atoms with E-state index in [0.717, 1.165) is 27.0 Å². The van der Waals surface area contributed by atoms with Gasteiger partial charge in [0.25, 0.3) is 5.91 Å². The monoisotopic (exact) mass is 488 g/mol. The van der Waals surface area contributed by atoms with Crippen LogP contribution in [-0.4, -0.2) is 17.7 Å². The zero-order valence-corrected chi connectivity index (χ0v) is 17.6. The molecule has 4 nitrogen and oxygen atoms in total. The number of nitrogens with zero attached hydrogens (tertiary/aromatic N) is 1. The number of terminal acetylenes is 1. The average molecular weight is 488 g/mol. The molecule has 0 aliphatic carbocycles. The van der Waals surface area contributed by atoms with E-state index in [1.54, 1.807) is 0 Å². The maximum Gasteiger partial charge on any atom is 0.264 e. The Morgan fingerprint density at radius 3 is 2.74 bits per heavy atom. The Balaban J connectivity index is 1.75. The Kier molecular flexibility index (Phi) is 6.58. The number of rotatable bonds is 5. The molecule has 1 heterocycles. The maximum absolute atomic E-state index is 12.2. The zero-order chi connectivity index (χ0) is 19.2. The number of amidine groups is 1. The van der Waals surface area contributed by atoms with Crippen molar-refractivity contribution in [2.45, 2.75) is 13.3 Å². The summed E-state index contributed by atoms with van der Waals surface area (Å²) in [7, 11) is 0. The lowest BCUT2D eigenvalue weighted by molar-refractivity contribution is -0.115. The molecule has 1 amide bonds. The number of amides is 1. The number of carbonyl (C=O) groups is 1. The molecule has 27 heavy (non-hydrogen) atoms. The summed E-state index contributed by atoms with van der Waals surface area (Å²) in [5.41, 5.74) is 2.99. The smallest absolute Gasteiger partial charge is 0.264 e. The standard InChI is InChI=1S/C21H17IN2O2S/c1-3-11-26-18-10-7-15(12-17(18)22)13-19-20(25)24-21(27-19)23-16-8-5-14(4-2)6-9-16/h1,5-10,12-13H,4,11H2,2H3,(H,23,24,25)/b19-13-. The van der Waals surface area contributed by atoms with Gasteiger partial charge in [-0.15, -0.1) is 6.42 Å². The fourth-order valence-electron chi connectivity index (χ4n) is 2.40. The van der Waals surface area contributed by atoms with E-state index in [1.165, 1.54) is 17.3 Å². The number of halogens is 1. The van der Waals surface area contributed by atoms with Gasteiger partial charge in [0.2, 0.25) is 0 Å². The van der Waals surface area contributed by atoms with Crippen LogP contribution in [0.5, 0.6) is 5.75 Å². The Morgan fingerprint density at radius 1 is 1.30 bits per heavy atom. The third kappa shape index (κ3) is 5.15. The second-order valence-electron chi connectivity index (χ2n) is 5.68. The number of ether oxygens (including phenoxy) is 1. The van der Waals surface area contributed by atoms with Gasteiger partial charge in [-0.3, -0.25) is 4.79 Å². The molecule has 1 saturated heterocycles. The molecule has 1 N–H and O–H groups in total. The molecular weight excluding hydrogens is 471 g/mol. The Labute approximate surface area is 176 Å². The third-order valence-corrected chi connectivity index (χ3v) is 5.54. The molecule has 0 radical (unpaired) electrons. The van der Waals surface area contributed by atoms with Crippen molar-refractivity contribution < 1.29 is 9.53 Å². The van der Waals surface area contributed by atoms with Crippen LogP contribution < -0.4 is 10.1 Å². The van der Waals surface area contributed by atoms with Crippen molar-refractivity contribution in [1.29, 1.82) is 0 Å². The minimum atomic E-state index is -0.147. The molecule has 0 unspecified atom stereocenters. The van der Waals surface area contributed by atoms with E-state index in [0.29, 0.717) is 10.1 Å². The third-order valence-electron chi connectivity index (χ3n) is 3.79. The van der Waals surface area contributed by atoms with Crippen molar-refractivity contribution in [3.63, 3.8) is 0 Å². The van der Waals surface area contributed by atoms with E-state index in [2.05, 4.69) is 45.7 Å². The summed E-state index contributed by atoms with van der Waals surface area (Å²) in [6.07, 6.45) is 8.05. The lowest BCUT2D eigenvalue weighted by Crippen LogP contribution is -2.19. The molecule has 0 bridgehead atoms. The number of benzene rings is 2. The highest BCUT2D eigenvalue weighted by atomic mass is 127. The van der Waals surface area contributed by atoms with Crippen LogP contribution in [0.25, 0.3) is 6.08 Å². The molecule has 1 aliphatic heterocycles. The topological polar surface area (TPSA) is 50.7 Å². The van der Waals surface area contributed by atoms with Crippen LogP contribution in [0.2, 0.25) is 0 Å². The van der Waals surface area contributed by atoms with E-state index in [1.807, 2.05) is 48.5 Å². The molecule has 1 fully saturated rings. The average Bonchev–Trinajstić information content (AvgIpc) is 3.00. The van der Waals surface area contributed by atoms with Crippen molar-refractivity contribution in [3.8, 4) is 18.1 Å². The summed E-state index contributed by atoms with van der Waals surface area (Å²) in [6.45, 7) is 2.34. The van der Waals surface area contributed by atoms with E-state index in [-0.39, 0.29) is 12.5 Å². The van der Waals surface area contributed by atoms with Crippen LogP contribution in [0.4, 0.5) is 5.69 Å². The highest BCUT2D eigenvalue weighted by Crippen LogP contribution is 2.30. The number of hydrogen-bond acceptors (Lipinski definition) is 4. The van der Waals surface area contributed by atoms with Gasteiger partial charge >= 0.3 is 0 Å². The van der Waals surface area contributed by atoms with Gasteiger partial charge in [0, 0.05) is 0 Å². The first kappa shape index (κ1) is 19.5. The van der Waals surface area contributed by atoms with E-state index in [9.17, 15) is 4.79 Å². The lowest BCUT2D eigenvalue weighted by Gasteiger charge is -2.05. The Hall–Kier alpha value is -2.24. The number of aryl methyl sites for hydroxylation is 1. The van der Waals surface area contributed by atoms with Gasteiger partial charge in [-0.25, -0.2) is 4.99 Å². The predicted molar refractivity (Wildman–Crippen MR) is 120 cm³/mol. The molecule has 3 rings (SSSR count). The number of nitrogens with one attached hydrogen (secondary N) is 1. The summed E-state index contributed by atoms with van der Waals surface area (Å²) in [4.78, 5) is 17.4. The summed E-state index contributed by atoms with van der Waals surface area (Å²) < 4.78 is 6.40. The quantitative estimate of drug-likeness (QED) is 0.375. The van der Waals surface area contributed by atoms with E-state index in [4.69, 9.17) is 11.2 Å². The SMILES string of the molecule is C#CCOc1ccc(/C=C2\SC(=Nc3ccc(CC)cc3)NC2=O)cc1I. The van der Waals surface area contributed by atoms with Crippen molar-refractivity contribution in [3.05, 3.63) is 62.1 Å². The number of thioether (sulfide) groups is 1. The van der Waals surface area contributed by atoms with E-state index >= 15 is 0 Å². The van der Waals surface area contributed by atoms with Crippen LogP contribution in [0, 0.1) is 15.9 Å². The summed E-state index contributed by atoms with van der Waals surface area (Å²) in [5.74, 6) is 3.03. The molecule has 2 aromatic rings. The first-order valence-electron chi connectivity index (χ1n) is 8.33. The van der Waals surface area contributed by atoms with Crippen LogP contribution in [0.1, 0.15) is 18.1 Å². The molecule has 0 saturated carbocycles. The molecule has 1 aliphatic rings. The molecule has 0 aromatic heterocycles. The van der Waals surface area contributed by atoms with Gasteiger partial charge in [-0.1, -0.05) is 31.0 Å². The van der Waals surface area contributed by atoms with Gasteiger partial charge in [0.05, 0.1) is 14.2 Å². The van der Waals surface area contributed by atoms with Crippen molar-refractivity contribution in [2.75, 3.05) is 6.61 Å². The Bertz CT molecular complexity index is 959. The second kappa shape index (κ2) is 9.11. The van der Waals surface area contributed by atoms with Crippen LogP contribution in [-0.2, 0) is 11.2 Å². The van der Waals surface area contributed by atoms with Crippen molar-refractivity contribution in [2.24, 2.45) is 4.99 Å². The zero-order valence-electron chi connectivity index (χ0n) is 14.7.